The number of hydrogen-bond acceptors (Lipinski definition) is 3. The Labute approximate surface area is 83.1 Å². The number of hydrogen-bond donors (Lipinski definition) is 1. The van der Waals surface area contributed by atoms with E-state index >= 15 is 0 Å². The first-order valence-corrected chi connectivity index (χ1v) is 4.79. The minimum Gasteiger partial charge on any atom is -0.328 e. The first-order valence-electron chi connectivity index (χ1n) is 3.53. The summed E-state index contributed by atoms with van der Waals surface area (Å²) >= 11 is 6.97. The molecule has 0 aliphatic carbocycles. The van der Waals surface area contributed by atoms with Gasteiger partial charge in [-0.15, -0.1) is 11.3 Å². The van der Waals surface area contributed by atoms with E-state index in [1.807, 2.05) is 0 Å². The molecule has 13 heavy (non-hydrogen) atoms. The Balaban J connectivity index is 2.35. The van der Waals surface area contributed by atoms with Gasteiger partial charge >= 0.3 is 6.03 Å². The maximum atomic E-state index is 11.2. The summed E-state index contributed by atoms with van der Waals surface area (Å²) in [5.74, 6) is -0.250. The van der Waals surface area contributed by atoms with Crippen LogP contribution in [0.3, 0.4) is 0 Å². The molecule has 4 nitrogen and oxygen atoms in total. The predicted molar refractivity (Wildman–Crippen MR) is 50.2 cm³/mol. The third-order valence-corrected chi connectivity index (χ3v) is 2.73. The van der Waals surface area contributed by atoms with Crippen LogP contribution in [0.25, 0.3) is 0 Å². The third kappa shape index (κ3) is 1.40. The average molecular weight is 217 g/mol. The van der Waals surface area contributed by atoms with E-state index in [1.165, 1.54) is 11.3 Å². The number of amides is 3. The molecule has 0 radical (unpaired) electrons. The van der Waals surface area contributed by atoms with Crippen LogP contribution in [0.4, 0.5) is 10.5 Å². The summed E-state index contributed by atoms with van der Waals surface area (Å²) in [7, 11) is 0. The largest absolute Gasteiger partial charge is 0.329 e. The van der Waals surface area contributed by atoms with Crippen LogP contribution < -0.4 is 10.2 Å². The topological polar surface area (TPSA) is 49.4 Å². The second-order valence-corrected chi connectivity index (χ2v) is 4.04. The van der Waals surface area contributed by atoms with Crippen molar-refractivity contribution in [2.24, 2.45) is 0 Å². The Hall–Kier alpha value is -1.07. The van der Waals surface area contributed by atoms with E-state index in [9.17, 15) is 9.59 Å². The summed E-state index contributed by atoms with van der Waals surface area (Å²) in [6.45, 7) is 0.0618. The Morgan fingerprint density at radius 1 is 1.54 bits per heavy atom. The van der Waals surface area contributed by atoms with Gasteiger partial charge in [-0.3, -0.25) is 4.79 Å². The lowest BCUT2D eigenvalue weighted by atomic mass is 10.4. The molecular formula is C7H5ClN2O2S. The SMILES string of the molecule is O=C1CNC(=O)N1c1csc(Cl)c1. The van der Waals surface area contributed by atoms with E-state index in [0.29, 0.717) is 10.0 Å². The maximum absolute atomic E-state index is 11.2. The number of nitrogens with one attached hydrogen (secondary N) is 1. The van der Waals surface area contributed by atoms with Crippen molar-refractivity contribution in [1.82, 2.24) is 5.32 Å². The van der Waals surface area contributed by atoms with E-state index in [0.717, 1.165) is 4.90 Å². The molecule has 68 valence electrons. The average Bonchev–Trinajstić information content (AvgIpc) is 2.60. The van der Waals surface area contributed by atoms with Crippen molar-refractivity contribution in [2.45, 2.75) is 0 Å². The summed E-state index contributed by atoms with van der Waals surface area (Å²) in [5.41, 5.74) is 0.537. The summed E-state index contributed by atoms with van der Waals surface area (Å²) in [4.78, 5) is 23.4. The molecule has 0 bridgehead atoms. The van der Waals surface area contributed by atoms with Gasteiger partial charge in [0.2, 0.25) is 0 Å². The summed E-state index contributed by atoms with van der Waals surface area (Å²) in [6.07, 6.45) is 0. The van der Waals surface area contributed by atoms with Crippen LogP contribution in [-0.2, 0) is 4.79 Å². The number of thiophene rings is 1. The Morgan fingerprint density at radius 3 is 2.77 bits per heavy atom. The fourth-order valence-electron chi connectivity index (χ4n) is 1.10. The van der Waals surface area contributed by atoms with Crippen molar-refractivity contribution in [2.75, 3.05) is 11.4 Å². The predicted octanol–water partition coefficient (Wildman–Crippen LogP) is 1.46. The molecule has 2 heterocycles. The van der Waals surface area contributed by atoms with E-state index < -0.39 is 0 Å². The van der Waals surface area contributed by atoms with Gasteiger partial charge < -0.3 is 5.32 Å². The standard InChI is InChI=1S/C7H5ClN2O2S/c8-5-1-4(3-13-5)10-6(11)2-9-7(10)12/h1,3H,2H2,(H,9,12). The van der Waals surface area contributed by atoms with E-state index in [1.54, 1.807) is 11.4 Å². The fraction of sp³-hybridized carbons (Fsp3) is 0.143. The van der Waals surface area contributed by atoms with Crippen LogP contribution >= 0.6 is 22.9 Å². The Morgan fingerprint density at radius 2 is 2.31 bits per heavy atom. The summed E-state index contributed by atoms with van der Waals surface area (Å²) in [6, 6.07) is 1.20. The molecule has 0 aromatic carbocycles. The number of halogens is 1. The highest BCUT2D eigenvalue weighted by molar-refractivity contribution is 7.14. The molecule has 1 aromatic heterocycles. The minimum absolute atomic E-state index is 0.0618. The minimum atomic E-state index is -0.389. The summed E-state index contributed by atoms with van der Waals surface area (Å²) in [5, 5.41) is 4.10. The molecule has 1 aromatic rings. The van der Waals surface area contributed by atoms with Crippen LogP contribution in [0.2, 0.25) is 4.34 Å². The monoisotopic (exact) mass is 216 g/mol. The molecule has 2 rings (SSSR count). The highest BCUT2D eigenvalue weighted by atomic mass is 35.5. The molecule has 1 fully saturated rings. The van der Waals surface area contributed by atoms with Gasteiger partial charge in [-0.05, 0) is 6.07 Å². The van der Waals surface area contributed by atoms with Gasteiger partial charge in [0.15, 0.2) is 0 Å². The lowest BCUT2D eigenvalue weighted by Gasteiger charge is -2.08. The maximum Gasteiger partial charge on any atom is 0.329 e. The number of imide groups is 1. The molecule has 1 aliphatic rings. The van der Waals surface area contributed by atoms with Gasteiger partial charge in [-0.2, -0.15) is 0 Å². The van der Waals surface area contributed by atoms with Gasteiger partial charge in [0.1, 0.15) is 0 Å². The molecule has 3 amide bonds. The number of carbonyl (C=O) groups is 2. The number of urea groups is 1. The van der Waals surface area contributed by atoms with Crippen LogP contribution in [0, 0.1) is 0 Å². The molecule has 0 spiro atoms. The summed E-state index contributed by atoms with van der Waals surface area (Å²) < 4.78 is 0.558. The second-order valence-electron chi connectivity index (χ2n) is 2.50. The normalized spacial score (nSPS) is 16.5. The van der Waals surface area contributed by atoms with E-state index in [2.05, 4.69) is 5.32 Å². The number of rotatable bonds is 1. The molecular weight excluding hydrogens is 212 g/mol. The van der Waals surface area contributed by atoms with Gasteiger partial charge in [0.25, 0.3) is 5.91 Å². The van der Waals surface area contributed by atoms with Crippen molar-refractivity contribution in [1.29, 1.82) is 0 Å². The fourth-order valence-corrected chi connectivity index (χ4v) is 1.94. The molecule has 0 unspecified atom stereocenters. The van der Waals surface area contributed by atoms with Crippen molar-refractivity contribution in [3.05, 3.63) is 15.8 Å². The van der Waals surface area contributed by atoms with Gasteiger partial charge in [0.05, 0.1) is 16.6 Å². The van der Waals surface area contributed by atoms with Crippen molar-refractivity contribution < 1.29 is 9.59 Å². The van der Waals surface area contributed by atoms with Crippen molar-refractivity contribution in [3.8, 4) is 0 Å². The lowest BCUT2D eigenvalue weighted by Crippen LogP contribution is -2.30. The van der Waals surface area contributed by atoms with E-state index in [4.69, 9.17) is 11.6 Å². The molecule has 0 saturated carbocycles. The Kier molecular flexibility index (Phi) is 1.97. The quantitative estimate of drug-likeness (QED) is 0.723. The molecule has 6 heteroatoms. The van der Waals surface area contributed by atoms with Gasteiger partial charge in [-0.1, -0.05) is 11.6 Å². The molecule has 1 N–H and O–H groups in total. The Bertz CT molecular complexity index is 360. The second kappa shape index (κ2) is 3.01. The number of carbonyl (C=O) groups excluding carboxylic acids is 2. The highest BCUT2D eigenvalue weighted by Gasteiger charge is 2.30. The van der Waals surface area contributed by atoms with E-state index in [-0.39, 0.29) is 18.5 Å². The van der Waals surface area contributed by atoms with Crippen LogP contribution in [0.5, 0.6) is 0 Å². The van der Waals surface area contributed by atoms with Gasteiger partial charge in [-0.25, -0.2) is 9.69 Å². The molecule has 0 atom stereocenters. The third-order valence-electron chi connectivity index (χ3n) is 1.66. The number of anilines is 1. The van der Waals surface area contributed by atoms with Crippen molar-refractivity contribution in [3.63, 3.8) is 0 Å². The number of nitrogens with zero attached hydrogens (tertiary/aromatic N) is 1. The zero-order chi connectivity index (χ0) is 9.42. The zero-order valence-corrected chi connectivity index (χ0v) is 7.98. The smallest absolute Gasteiger partial charge is 0.328 e. The van der Waals surface area contributed by atoms with Crippen LogP contribution in [-0.4, -0.2) is 18.5 Å². The first-order chi connectivity index (χ1) is 6.18. The van der Waals surface area contributed by atoms with Crippen LogP contribution in [0.15, 0.2) is 11.4 Å². The first kappa shape index (κ1) is 8.52. The zero-order valence-electron chi connectivity index (χ0n) is 6.41. The van der Waals surface area contributed by atoms with Crippen molar-refractivity contribution >= 4 is 40.6 Å². The highest BCUT2D eigenvalue weighted by Crippen LogP contribution is 2.28. The van der Waals surface area contributed by atoms with Crippen LogP contribution in [0.1, 0.15) is 0 Å². The molecule has 1 saturated heterocycles. The van der Waals surface area contributed by atoms with Gasteiger partial charge in [0, 0.05) is 5.38 Å². The molecule has 1 aliphatic heterocycles. The lowest BCUT2D eigenvalue weighted by molar-refractivity contribution is -0.115.